The summed E-state index contributed by atoms with van der Waals surface area (Å²) in [5, 5.41) is 9.66. The average molecular weight is 439 g/mol. The molecule has 8 heteroatoms. The van der Waals surface area contributed by atoms with Crippen LogP contribution in [0.2, 0.25) is 0 Å². The molecule has 1 aliphatic heterocycles. The van der Waals surface area contributed by atoms with E-state index < -0.39 is 0 Å². The number of carbonyl (C=O) groups is 1. The van der Waals surface area contributed by atoms with Gasteiger partial charge in [0.15, 0.2) is 5.82 Å². The highest BCUT2D eigenvalue weighted by molar-refractivity contribution is 7.13. The zero-order chi connectivity index (χ0) is 21.8. The maximum absolute atomic E-state index is 13.0. The second-order valence-electron chi connectivity index (χ2n) is 8.34. The second kappa shape index (κ2) is 9.72. The smallest absolute Gasteiger partial charge is 0.291 e. The van der Waals surface area contributed by atoms with E-state index in [-0.39, 0.29) is 11.7 Å². The molecule has 3 heterocycles. The molecule has 1 aromatic carbocycles. The average Bonchev–Trinajstić information content (AvgIpc) is 3.45. The van der Waals surface area contributed by atoms with Crippen LogP contribution >= 0.6 is 11.3 Å². The zero-order valence-corrected chi connectivity index (χ0v) is 19.2. The number of thiophene rings is 1. The van der Waals surface area contributed by atoms with E-state index in [1.165, 1.54) is 0 Å². The minimum Gasteiger partial charge on any atom is -0.348 e. The molecule has 7 nitrogen and oxygen atoms in total. The second-order valence-corrected chi connectivity index (χ2v) is 9.29. The molecule has 1 aliphatic rings. The van der Waals surface area contributed by atoms with Crippen molar-refractivity contribution in [3.05, 3.63) is 53.7 Å². The predicted octanol–water partition coefficient (Wildman–Crippen LogP) is 3.00. The molecule has 31 heavy (non-hydrogen) atoms. The molecule has 3 aromatic rings. The van der Waals surface area contributed by atoms with E-state index in [4.69, 9.17) is 0 Å². The van der Waals surface area contributed by atoms with Crippen molar-refractivity contribution < 1.29 is 4.79 Å². The molecule has 164 valence electrons. The number of nitrogens with one attached hydrogen (secondary N) is 1. The first-order valence-corrected chi connectivity index (χ1v) is 11.7. The highest BCUT2D eigenvalue weighted by Gasteiger charge is 2.26. The number of para-hydroxylation sites is 1. The lowest BCUT2D eigenvalue weighted by Crippen LogP contribution is -2.54. The monoisotopic (exact) mass is 438 g/mol. The summed E-state index contributed by atoms with van der Waals surface area (Å²) in [6.45, 7) is 9.19. The third-order valence-corrected chi connectivity index (χ3v) is 6.67. The van der Waals surface area contributed by atoms with Gasteiger partial charge in [-0.2, -0.15) is 0 Å². The summed E-state index contributed by atoms with van der Waals surface area (Å²) in [6.07, 6.45) is 0. The Labute approximate surface area is 187 Å². The van der Waals surface area contributed by atoms with Gasteiger partial charge in [0.1, 0.15) is 0 Å². The Bertz CT molecular complexity index is 977. The van der Waals surface area contributed by atoms with E-state index in [2.05, 4.69) is 46.1 Å². The highest BCUT2D eigenvalue weighted by Crippen LogP contribution is 2.25. The fourth-order valence-corrected chi connectivity index (χ4v) is 4.64. The summed E-state index contributed by atoms with van der Waals surface area (Å²) < 4.78 is 1.75. The van der Waals surface area contributed by atoms with Crippen LogP contribution < -0.4 is 5.32 Å². The van der Waals surface area contributed by atoms with Crippen molar-refractivity contribution in [1.82, 2.24) is 29.9 Å². The minimum absolute atomic E-state index is 0.202. The molecule has 4 rings (SSSR count). The van der Waals surface area contributed by atoms with Crippen LogP contribution in [0.15, 0.2) is 47.8 Å². The molecule has 0 spiro atoms. The standard InChI is InChI=1S/C23H30N6OS/c1-17(2)19(28-13-11-27(3)12-14-28)16-24-23(30)21-25-22(20-10-7-15-31-20)29(26-21)18-8-5-4-6-9-18/h4-10,15,17,19H,11-14,16H2,1-3H3,(H,24,30)/t19-/m1/s1. The molecule has 0 radical (unpaired) electrons. The number of nitrogens with zero attached hydrogens (tertiary/aromatic N) is 5. The van der Waals surface area contributed by atoms with Gasteiger partial charge in [0, 0.05) is 38.8 Å². The number of aromatic nitrogens is 3. The van der Waals surface area contributed by atoms with Gasteiger partial charge in [-0.25, -0.2) is 9.67 Å². The number of likely N-dealkylation sites (N-methyl/N-ethyl adjacent to an activating group) is 1. The maximum Gasteiger partial charge on any atom is 0.291 e. The van der Waals surface area contributed by atoms with Gasteiger partial charge in [-0.1, -0.05) is 38.1 Å². The molecule has 1 N–H and O–H groups in total. The summed E-state index contributed by atoms with van der Waals surface area (Å²) in [4.78, 5) is 23.4. The van der Waals surface area contributed by atoms with Crippen molar-refractivity contribution in [2.45, 2.75) is 19.9 Å². The van der Waals surface area contributed by atoms with Gasteiger partial charge in [-0.15, -0.1) is 16.4 Å². The zero-order valence-electron chi connectivity index (χ0n) is 18.4. The van der Waals surface area contributed by atoms with E-state index in [0.29, 0.717) is 24.3 Å². The van der Waals surface area contributed by atoms with Crippen LogP contribution in [0.5, 0.6) is 0 Å². The number of piperazine rings is 1. The minimum atomic E-state index is -0.229. The Balaban J connectivity index is 1.52. The first-order valence-electron chi connectivity index (χ1n) is 10.8. The van der Waals surface area contributed by atoms with Crippen LogP contribution in [0.4, 0.5) is 0 Å². The van der Waals surface area contributed by atoms with Crippen LogP contribution in [0, 0.1) is 5.92 Å². The van der Waals surface area contributed by atoms with Crippen molar-refractivity contribution >= 4 is 17.2 Å². The van der Waals surface area contributed by atoms with Crippen LogP contribution in [0.1, 0.15) is 24.5 Å². The Morgan fingerprint density at radius 1 is 1.10 bits per heavy atom. The number of carbonyl (C=O) groups excluding carboxylic acids is 1. The first-order chi connectivity index (χ1) is 15.0. The Morgan fingerprint density at radius 3 is 2.48 bits per heavy atom. The normalized spacial score (nSPS) is 16.5. The largest absolute Gasteiger partial charge is 0.348 e. The molecule has 0 bridgehead atoms. The molecular formula is C23H30N6OS. The van der Waals surface area contributed by atoms with Crippen molar-refractivity contribution in [2.24, 2.45) is 5.92 Å². The number of hydrogen-bond acceptors (Lipinski definition) is 6. The first kappa shape index (κ1) is 21.7. The summed E-state index contributed by atoms with van der Waals surface area (Å²) >= 11 is 1.59. The van der Waals surface area contributed by atoms with E-state index in [1.54, 1.807) is 16.0 Å². The van der Waals surface area contributed by atoms with Gasteiger partial charge < -0.3 is 10.2 Å². The summed E-state index contributed by atoms with van der Waals surface area (Å²) in [6, 6.07) is 14.1. The molecule has 1 saturated heterocycles. The summed E-state index contributed by atoms with van der Waals surface area (Å²) in [5.41, 5.74) is 0.884. The van der Waals surface area contributed by atoms with Crippen molar-refractivity contribution in [2.75, 3.05) is 39.8 Å². The molecule has 2 aromatic heterocycles. The molecule has 1 amide bonds. The van der Waals surface area contributed by atoms with E-state index >= 15 is 0 Å². The number of benzene rings is 1. The van der Waals surface area contributed by atoms with Crippen LogP contribution in [0.3, 0.4) is 0 Å². The molecule has 0 unspecified atom stereocenters. The van der Waals surface area contributed by atoms with Crippen molar-refractivity contribution in [1.29, 1.82) is 0 Å². The van der Waals surface area contributed by atoms with Crippen LogP contribution in [0.25, 0.3) is 16.4 Å². The lowest BCUT2D eigenvalue weighted by Gasteiger charge is -2.39. The van der Waals surface area contributed by atoms with E-state index in [1.807, 2.05) is 47.8 Å². The summed E-state index contributed by atoms with van der Waals surface area (Å²) in [5.74, 6) is 1.10. The fraction of sp³-hybridized carbons (Fsp3) is 0.435. The van der Waals surface area contributed by atoms with Gasteiger partial charge in [-0.05, 0) is 36.5 Å². The molecule has 1 fully saturated rings. The fourth-order valence-electron chi connectivity index (χ4n) is 3.94. The SMILES string of the molecule is CC(C)[C@@H](CNC(=O)c1nc(-c2cccs2)n(-c2ccccc2)n1)N1CCN(C)CC1. The Hall–Kier alpha value is -2.55. The molecular weight excluding hydrogens is 408 g/mol. The maximum atomic E-state index is 13.0. The van der Waals surface area contributed by atoms with Gasteiger partial charge in [0.25, 0.3) is 5.91 Å². The topological polar surface area (TPSA) is 66.3 Å². The number of amides is 1. The van der Waals surface area contributed by atoms with Gasteiger partial charge >= 0.3 is 0 Å². The number of hydrogen-bond donors (Lipinski definition) is 1. The molecule has 0 saturated carbocycles. The Kier molecular flexibility index (Phi) is 6.80. The Morgan fingerprint density at radius 2 is 1.84 bits per heavy atom. The molecule has 1 atom stereocenters. The lowest BCUT2D eigenvalue weighted by molar-refractivity contribution is 0.0786. The van der Waals surface area contributed by atoms with Gasteiger partial charge in [-0.3, -0.25) is 9.69 Å². The third-order valence-electron chi connectivity index (χ3n) is 5.80. The van der Waals surface area contributed by atoms with Crippen LogP contribution in [-0.4, -0.2) is 76.3 Å². The van der Waals surface area contributed by atoms with Gasteiger partial charge in [0.2, 0.25) is 5.82 Å². The lowest BCUT2D eigenvalue weighted by atomic mass is 10.0. The summed E-state index contributed by atoms with van der Waals surface area (Å²) in [7, 11) is 2.16. The third kappa shape index (κ3) is 5.03. The van der Waals surface area contributed by atoms with Crippen molar-refractivity contribution in [3.63, 3.8) is 0 Å². The van der Waals surface area contributed by atoms with Crippen molar-refractivity contribution in [3.8, 4) is 16.4 Å². The quantitative estimate of drug-likeness (QED) is 0.614. The molecule has 0 aliphatic carbocycles. The predicted molar refractivity (Wildman–Crippen MR) is 125 cm³/mol. The van der Waals surface area contributed by atoms with E-state index in [9.17, 15) is 4.79 Å². The number of rotatable bonds is 7. The van der Waals surface area contributed by atoms with Crippen LogP contribution in [-0.2, 0) is 0 Å². The van der Waals surface area contributed by atoms with E-state index in [0.717, 1.165) is 36.7 Å². The van der Waals surface area contributed by atoms with Gasteiger partial charge in [0.05, 0.1) is 10.6 Å². The highest BCUT2D eigenvalue weighted by atomic mass is 32.1.